The minimum atomic E-state index is -4.42. The number of nitrogens with zero attached hydrogens (tertiary/aromatic N) is 4. The lowest BCUT2D eigenvalue weighted by Gasteiger charge is -2.41. The summed E-state index contributed by atoms with van der Waals surface area (Å²) in [6, 6.07) is 5.63. The molecule has 1 saturated carbocycles. The topological polar surface area (TPSA) is 51.0 Å². The maximum atomic E-state index is 13.1. The van der Waals surface area contributed by atoms with Gasteiger partial charge in [0, 0.05) is 37.2 Å². The third kappa shape index (κ3) is 3.25. The van der Waals surface area contributed by atoms with Crippen LogP contribution in [0.1, 0.15) is 30.0 Å². The summed E-state index contributed by atoms with van der Waals surface area (Å²) >= 11 is 0. The first kappa shape index (κ1) is 16.1. The molecule has 2 aliphatic rings. The van der Waals surface area contributed by atoms with Gasteiger partial charge in [-0.1, -0.05) is 0 Å². The highest BCUT2D eigenvalue weighted by Gasteiger charge is 2.39. The maximum absolute atomic E-state index is 13.1. The predicted octanol–water partition coefficient (Wildman–Crippen LogP) is 2.67. The van der Waals surface area contributed by atoms with Gasteiger partial charge in [-0.15, -0.1) is 0 Å². The number of anilines is 1. The van der Waals surface area contributed by atoms with E-state index in [1.165, 1.54) is 23.0 Å². The van der Waals surface area contributed by atoms with Gasteiger partial charge in [-0.3, -0.25) is 4.79 Å². The number of hydrogen-bond acceptors (Lipinski definition) is 4. The van der Waals surface area contributed by atoms with Gasteiger partial charge in [0.2, 0.25) is 0 Å². The van der Waals surface area contributed by atoms with E-state index in [0.717, 1.165) is 24.6 Å². The molecule has 4 rings (SSSR count). The lowest BCUT2D eigenvalue weighted by Crippen LogP contribution is -2.50. The molecule has 1 saturated heterocycles. The van der Waals surface area contributed by atoms with E-state index in [2.05, 4.69) is 10.1 Å². The average molecular weight is 350 g/mol. The summed E-state index contributed by atoms with van der Waals surface area (Å²) in [6.45, 7) is 1.29. The molecule has 0 spiro atoms. The van der Waals surface area contributed by atoms with E-state index in [0.29, 0.717) is 25.6 Å². The standard InChI is InChI=1S/C17H17F3N4O/c18-17(19,20)13-2-1-7-21-16(13)23-8-11(9-23)10-24-15(25)6-5-14(22-24)12-3-4-12/h1-2,5-7,11-12H,3-4,8-10H2. The second-order valence-corrected chi connectivity index (χ2v) is 6.70. The van der Waals surface area contributed by atoms with Crippen LogP contribution in [0.5, 0.6) is 0 Å². The van der Waals surface area contributed by atoms with Gasteiger partial charge in [0.1, 0.15) is 5.82 Å². The van der Waals surface area contributed by atoms with E-state index in [4.69, 9.17) is 0 Å². The molecule has 0 bridgehead atoms. The molecule has 3 heterocycles. The third-order valence-electron chi connectivity index (χ3n) is 4.66. The molecule has 5 nitrogen and oxygen atoms in total. The van der Waals surface area contributed by atoms with Crippen molar-refractivity contribution in [3.63, 3.8) is 0 Å². The number of alkyl halides is 3. The summed E-state index contributed by atoms with van der Waals surface area (Å²) in [5, 5.41) is 4.40. The lowest BCUT2D eigenvalue weighted by molar-refractivity contribution is -0.137. The minimum absolute atomic E-state index is 0.0433. The van der Waals surface area contributed by atoms with Gasteiger partial charge in [0.25, 0.3) is 5.56 Å². The van der Waals surface area contributed by atoms with Crippen molar-refractivity contribution in [2.75, 3.05) is 18.0 Å². The first-order chi connectivity index (χ1) is 11.9. The summed E-state index contributed by atoms with van der Waals surface area (Å²) < 4.78 is 40.7. The molecule has 2 aromatic heterocycles. The Morgan fingerprint density at radius 2 is 1.92 bits per heavy atom. The molecule has 0 aromatic carbocycles. The van der Waals surface area contributed by atoms with Crippen LogP contribution in [0.3, 0.4) is 0 Å². The van der Waals surface area contributed by atoms with Crippen LogP contribution in [0.25, 0.3) is 0 Å². The van der Waals surface area contributed by atoms with Crippen LogP contribution in [0.4, 0.5) is 19.0 Å². The van der Waals surface area contributed by atoms with Crippen LogP contribution in [0.15, 0.2) is 35.3 Å². The monoisotopic (exact) mass is 350 g/mol. The smallest absolute Gasteiger partial charge is 0.355 e. The quantitative estimate of drug-likeness (QED) is 0.851. The summed E-state index contributed by atoms with van der Waals surface area (Å²) in [6.07, 6.45) is -0.862. The van der Waals surface area contributed by atoms with E-state index in [9.17, 15) is 18.0 Å². The fourth-order valence-corrected chi connectivity index (χ4v) is 3.17. The van der Waals surface area contributed by atoms with Crippen molar-refractivity contribution in [1.82, 2.24) is 14.8 Å². The fourth-order valence-electron chi connectivity index (χ4n) is 3.17. The second kappa shape index (κ2) is 5.86. The maximum Gasteiger partial charge on any atom is 0.419 e. The van der Waals surface area contributed by atoms with Gasteiger partial charge >= 0.3 is 6.18 Å². The summed E-state index contributed by atoms with van der Waals surface area (Å²) in [5.74, 6) is 0.494. The van der Waals surface area contributed by atoms with Gasteiger partial charge in [0.15, 0.2) is 0 Å². The summed E-state index contributed by atoms with van der Waals surface area (Å²) in [7, 11) is 0. The molecular weight excluding hydrogens is 333 g/mol. The Labute approximate surface area is 142 Å². The van der Waals surface area contributed by atoms with Crippen LogP contribution in [0.2, 0.25) is 0 Å². The van der Waals surface area contributed by atoms with Crippen molar-refractivity contribution in [2.24, 2.45) is 5.92 Å². The lowest BCUT2D eigenvalue weighted by atomic mass is 9.99. The molecule has 0 radical (unpaired) electrons. The normalized spacial score (nSPS) is 18.3. The first-order valence-electron chi connectivity index (χ1n) is 8.27. The van der Waals surface area contributed by atoms with Gasteiger partial charge in [-0.05, 0) is 31.0 Å². The Kier molecular flexibility index (Phi) is 3.77. The molecule has 0 amide bonds. The van der Waals surface area contributed by atoms with Gasteiger partial charge in [-0.25, -0.2) is 9.67 Å². The zero-order chi connectivity index (χ0) is 17.6. The largest absolute Gasteiger partial charge is 0.419 e. The number of halogens is 3. The Morgan fingerprint density at radius 1 is 1.16 bits per heavy atom. The highest BCUT2D eigenvalue weighted by Crippen LogP contribution is 2.39. The second-order valence-electron chi connectivity index (χ2n) is 6.70. The molecule has 2 aromatic rings. The van der Waals surface area contributed by atoms with Crippen LogP contribution >= 0.6 is 0 Å². The van der Waals surface area contributed by atoms with E-state index in [1.807, 2.05) is 0 Å². The van der Waals surface area contributed by atoms with Gasteiger partial charge in [0.05, 0.1) is 17.8 Å². The number of hydrogen-bond donors (Lipinski definition) is 0. The Bertz CT molecular complexity index is 838. The van der Waals surface area contributed by atoms with Crippen molar-refractivity contribution in [3.05, 3.63) is 52.1 Å². The van der Waals surface area contributed by atoms with E-state index >= 15 is 0 Å². The minimum Gasteiger partial charge on any atom is -0.355 e. The molecule has 132 valence electrons. The Hall–Kier alpha value is -2.38. The first-order valence-corrected chi connectivity index (χ1v) is 8.27. The van der Waals surface area contributed by atoms with E-state index in [1.54, 1.807) is 11.0 Å². The van der Waals surface area contributed by atoms with Crippen molar-refractivity contribution in [1.29, 1.82) is 0 Å². The van der Waals surface area contributed by atoms with E-state index in [-0.39, 0.29) is 17.3 Å². The third-order valence-corrected chi connectivity index (χ3v) is 4.66. The van der Waals surface area contributed by atoms with Crippen LogP contribution in [-0.4, -0.2) is 27.9 Å². The summed E-state index contributed by atoms with van der Waals surface area (Å²) in [4.78, 5) is 17.4. The zero-order valence-corrected chi connectivity index (χ0v) is 13.4. The van der Waals surface area contributed by atoms with Crippen molar-refractivity contribution >= 4 is 5.82 Å². The van der Waals surface area contributed by atoms with Crippen LogP contribution in [0, 0.1) is 5.92 Å². The van der Waals surface area contributed by atoms with Gasteiger partial charge < -0.3 is 4.90 Å². The van der Waals surface area contributed by atoms with Crippen molar-refractivity contribution in [3.8, 4) is 0 Å². The molecule has 2 fully saturated rings. The molecule has 8 heteroatoms. The SMILES string of the molecule is O=c1ccc(C2CC2)nn1CC1CN(c2ncccc2C(F)(F)F)C1. The molecule has 0 unspecified atom stereocenters. The number of pyridine rings is 1. The molecular formula is C17H17F3N4O. The highest BCUT2D eigenvalue weighted by atomic mass is 19.4. The van der Waals surface area contributed by atoms with Crippen molar-refractivity contribution in [2.45, 2.75) is 31.5 Å². The molecule has 1 aliphatic carbocycles. The summed E-state index contributed by atoms with van der Waals surface area (Å²) in [5.41, 5.74) is 0.0380. The van der Waals surface area contributed by atoms with E-state index < -0.39 is 11.7 Å². The molecule has 0 N–H and O–H groups in total. The predicted molar refractivity (Wildman–Crippen MR) is 85.4 cm³/mol. The highest BCUT2D eigenvalue weighted by molar-refractivity contribution is 5.50. The zero-order valence-electron chi connectivity index (χ0n) is 13.4. The number of aromatic nitrogens is 3. The Balaban J connectivity index is 1.45. The molecule has 25 heavy (non-hydrogen) atoms. The van der Waals surface area contributed by atoms with Gasteiger partial charge in [-0.2, -0.15) is 18.3 Å². The van der Waals surface area contributed by atoms with Crippen molar-refractivity contribution < 1.29 is 13.2 Å². The van der Waals surface area contributed by atoms with Crippen LogP contribution < -0.4 is 10.5 Å². The van der Waals surface area contributed by atoms with Crippen LogP contribution in [-0.2, 0) is 12.7 Å². The Morgan fingerprint density at radius 3 is 2.60 bits per heavy atom. The molecule has 1 aliphatic heterocycles. The average Bonchev–Trinajstić information content (AvgIpc) is 3.36. The fraction of sp³-hybridized carbons (Fsp3) is 0.471. The molecule has 0 atom stereocenters. The number of rotatable bonds is 4.